The van der Waals surface area contributed by atoms with Gasteiger partial charge in [-0.1, -0.05) is 0 Å². The topological polar surface area (TPSA) is 131 Å². The van der Waals surface area contributed by atoms with E-state index in [4.69, 9.17) is 18.6 Å². The van der Waals surface area contributed by atoms with Crippen molar-refractivity contribution in [3.63, 3.8) is 0 Å². The van der Waals surface area contributed by atoms with Gasteiger partial charge in [0.15, 0.2) is 0 Å². The van der Waals surface area contributed by atoms with Crippen LogP contribution < -0.4 is 11.2 Å². The van der Waals surface area contributed by atoms with Crippen LogP contribution in [0.5, 0.6) is 0 Å². The van der Waals surface area contributed by atoms with Crippen molar-refractivity contribution in [1.29, 1.82) is 0 Å². The third kappa shape index (κ3) is 3.86. The van der Waals surface area contributed by atoms with Gasteiger partial charge >= 0.3 is 13.5 Å². The second kappa shape index (κ2) is 5.82. The van der Waals surface area contributed by atoms with E-state index in [-0.39, 0.29) is 6.42 Å². The number of alkyl halides is 1. The summed E-state index contributed by atoms with van der Waals surface area (Å²) < 4.78 is 56.3. The lowest BCUT2D eigenvalue weighted by Crippen LogP contribution is -2.33. The molecule has 11 heteroatoms. The molecule has 0 aliphatic carbocycles. The summed E-state index contributed by atoms with van der Waals surface area (Å²) in [7, 11) is -4.82. The molecule has 2 heterocycles. The van der Waals surface area contributed by atoms with Gasteiger partial charge in [0.25, 0.3) is 5.56 Å². The number of nitrogens with one attached hydrogen (secondary N) is 1. The molecule has 0 aromatic carbocycles. The van der Waals surface area contributed by atoms with Crippen LogP contribution in [0.15, 0.2) is 15.8 Å². The third-order valence-corrected chi connectivity index (χ3v) is 3.33. The van der Waals surface area contributed by atoms with Gasteiger partial charge in [0.1, 0.15) is 18.5 Å². The number of aromatic amines is 1. The lowest BCUT2D eigenvalue weighted by molar-refractivity contribution is -0.0351. The maximum absolute atomic E-state index is 13.9. The molecule has 0 radical (unpaired) electrons. The Morgan fingerprint density at radius 1 is 1.67 bits per heavy atom. The minimum atomic E-state index is -4.82. The number of H-pyrrole nitrogens is 1. The second-order valence-electron chi connectivity index (χ2n) is 4.38. The lowest BCUT2D eigenvalue weighted by Gasteiger charge is -2.16. The molecule has 0 saturated carbocycles. The Balaban J connectivity index is 2.26. The summed E-state index contributed by atoms with van der Waals surface area (Å²) >= 11 is 0. The van der Waals surface area contributed by atoms with E-state index in [2.05, 4.69) is 4.52 Å². The Morgan fingerprint density at radius 3 is 3.00 bits per heavy atom. The van der Waals surface area contributed by atoms with Crippen LogP contribution in [0, 0.1) is 6.85 Å². The van der Waals surface area contributed by atoms with Crippen LogP contribution in [0.4, 0.5) is 4.39 Å². The first-order valence-corrected chi connectivity index (χ1v) is 7.27. The summed E-state index contributed by atoms with van der Waals surface area (Å²) in [4.78, 5) is 42.4. The van der Waals surface area contributed by atoms with Crippen LogP contribution in [-0.2, 0) is 13.8 Å². The largest absolute Gasteiger partial charge is 0.469 e. The summed E-state index contributed by atoms with van der Waals surface area (Å²) in [5.74, 6) is 0. The molecule has 1 aromatic heterocycles. The average molecular weight is 327 g/mol. The summed E-state index contributed by atoms with van der Waals surface area (Å²) in [6.45, 7) is -3.55. The monoisotopic (exact) mass is 327 g/mol. The summed E-state index contributed by atoms with van der Waals surface area (Å²) in [5.41, 5.74) is -2.76. The molecule has 1 saturated heterocycles. The van der Waals surface area contributed by atoms with Crippen molar-refractivity contribution in [3.05, 3.63) is 32.6 Å². The van der Waals surface area contributed by atoms with Crippen molar-refractivity contribution in [2.75, 3.05) is 6.61 Å². The SMILES string of the molecule is [2H]C([2H])([2H])c1cn(C2CC(F)C(COP(=O)(O)O)O2)c(=O)[nH]c1=O. The Morgan fingerprint density at radius 2 is 2.38 bits per heavy atom. The van der Waals surface area contributed by atoms with Crippen molar-refractivity contribution in [3.8, 4) is 0 Å². The number of nitrogens with zero attached hydrogens (tertiary/aromatic N) is 1. The molecule has 0 amide bonds. The highest BCUT2D eigenvalue weighted by atomic mass is 31.2. The molecule has 3 atom stereocenters. The van der Waals surface area contributed by atoms with Gasteiger partial charge in [-0.25, -0.2) is 13.8 Å². The predicted octanol–water partition coefficient (Wildman–Crippen LogP) is -0.420. The van der Waals surface area contributed by atoms with E-state index in [1.807, 2.05) is 4.98 Å². The zero-order chi connectivity index (χ0) is 18.3. The van der Waals surface area contributed by atoms with Crippen molar-refractivity contribution < 1.29 is 32.1 Å². The van der Waals surface area contributed by atoms with E-state index in [9.17, 15) is 18.5 Å². The maximum atomic E-state index is 13.9. The van der Waals surface area contributed by atoms with E-state index in [0.29, 0.717) is 4.57 Å². The predicted molar refractivity (Wildman–Crippen MR) is 67.5 cm³/mol. The fourth-order valence-electron chi connectivity index (χ4n) is 1.88. The molecule has 21 heavy (non-hydrogen) atoms. The van der Waals surface area contributed by atoms with Gasteiger partial charge in [-0.3, -0.25) is 18.9 Å². The number of hydrogen-bond acceptors (Lipinski definition) is 5. The Kier molecular flexibility index (Phi) is 3.39. The number of hydrogen-bond donors (Lipinski definition) is 3. The molecular formula is C10H14FN2O7P. The van der Waals surface area contributed by atoms with Gasteiger partial charge in [0, 0.05) is 22.3 Å². The normalized spacial score (nSPS) is 28.9. The van der Waals surface area contributed by atoms with E-state index < -0.39 is 56.6 Å². The van der Waals surface area contributed by atoms with Crippen LogP contribution in [0.1, 0.15) is 22.3 Å². The highest BCUT2D eigenvalue weighted by molar-refractivity contribution is 7.46. The Labute approximate surface area is 121 Å². The summed E-state index contributed by atoms with van der Waals surface area (Å²) in [6, 6.07) is 0. The minimum Gasteiger partial charge on any atom is -0.349 e. The zero-order valence-electron chi connectivity index (χ0n) is 13.4. The number of aromatic nitrogens is 2. The van der Waals surface area contributed by atoms with Crippen LogP contribution in [0.2, 0.25) is 0 Å². The first-order valence-electron chi connectivity index (χ1n) is 7.24. The molecule has 118 valence electrons. The second-order valence-corrected chi connectivity index (χ2v) is 5.62. The number of phosphoric acid groups is 1. The van der Waals surface area contributed by atoms with Crippen molar-refractivity contribution in [2.45, 2.75) is 31.8 Å². The fourth-order valence-corrected chi connectivity index (χ4v) is 2.22. The molecule has 1 aromatic rings. The zero-order valence-corrected chi connectivity index (χ0v) is 11.3. The molecule has 1 aliphatic rings. The van der Waals surface area contributed by atoms with Gasteiger partial charge in [-0.15, -0.1) is 0 Å². The quantitative estimate of drug-likeness (QED) is 0.640. The molecule has 9 nitrogen and oxygen atoms in total. The summed E-state index contributed by atoms with van der Waals surface area (Å²) in [6.07, 6.45) is -3.95. The first-order chi connectivity index (χ1) is 10.9. The maximum Gasteiger partial charge on any atom is 0.469 e. The number of halogens is 1. The highest BCUT2D eigenvalue weighted by Gasteiger charge is 2.38. The molecule has 0 bridgehead atoms. The van der Waals surface area contributed by atoms with Crippen LogP contribution in [0.3, 0.4) is 0 Å². The average Bonchev–Trinajstić information content (AvgIpc) is 2.75. The van der Waals surface area contributed by atoms with E-state index in [1.54, 1.807) is 0 Å². The Hall–Kier alpha value is -1.32. The lowest BCUT2D eigenvalue weighted by atomic mass is 10.2. The smallest absolute Gasteiger partial charge is 0.349 e. The van der Waals surface area contributed by atoms with Gasteiger partial charge in [0.2, 0.25) is 0 Å². The van der Waals surface area contributed by atoms with Crippen LogP contribution in [0.25, 0.3) is 0 Å². The molecule has 2 rings (SSSR count). The van der Waals surface area contributed by atoms with E-state index in [1.165, 1.54) is 0 Å². The van der Waals surface area contributed by atoms with E-state index in [0.717, 1.165) is 6.20 Å². The van der Waals surface area contributed by atoms with Gasteiger partial charge in [-0.2, -0.15) is 0 Å². The van der Waals surface area contributed by atoms with Gasteiger partial charge in [0.05, 0.1) is 6.61 Å². The van der Waals surface area contributed by atoms with E-state index >= 15 is 0 Å². The molecule has 1 fully saturated rings. The molecule has 1 aliphatic heterocycles. The first kappa shape index (κ1) is 12.2. The van der Waals surface area contributed by atoms with Crippen LogP contribution >= 0.6 is 7.82 Å². The number of aryl methyl sites for hydroxylation is 1. The number of rotatable bonds is 4. The standard InChI is InChI=1S/C10H14FN2O7P/c1-5-3-13(10(15)12-9(5)14)8-2-6(11)7(20-8)4-19-21(16,17)18/h3,6-8H,2,4H2,1H3,(H,12,14,15)(H2,16,17,18)/i1D3. The molecule has 3 N–H and O–H groups in total. The Bertz CT molecular complexity index is 773. The highest BCUT2D eigenvalue weighted by Crippen LogP contribution is 2.38. The summed E-state index contributed by atoms with van der Waals surface area (Å²) in [5, 5.41) is 0. The molecular weight excluding hydrogens is 310 g/mol. The van der Waals surface area contributed by atoms with Crippen molar-refractivity contribution in [1.82, 2.24) is 9.55 Å². The van der Waals surface area contributed by atoms with Crippen molar-refractivity contribution in [2.24, 2.45) is 0 Å². The fraction of sp³-hybridized carbons (Fsp3) is 0.600. The van der Waals surface area contributed by atoms with Gasteiger partial charge < -0.3 is 14.5 Å². The molecule has 3 unspecified atom stereocenters. The number of ether oxygens (including phenoxy) is 1. The van der Waals surface area contributed by atoms with Crippen molar-refractivity contribution >= 4 is 7.82 Å². The van der Waals surface area contributed by atoms with Crippen LogP contribution in [-0.4, -0.2) is 38.2 Å². The number of phosphoric ester groups is 1. The molecule has 0 spiro atoms. The van der Waals surface area contributed by atoms with Gasteiger partial charge in [-0.05, 0) is 6.85 Å². The minimum absolute atomic E-state index is 0.387. The third-order valence-electron chi connectivity index (χ3n) is 2.85.